The molecule has 12 nitrogen and oxygen atoms in total. The van der Waals surface area contributed by atoms with Crippen LogP contribution >= 0.6 is 11.7 Å². The third kappa shape index (κ3) is 4.66. The second kappa shape index (κ2) is 9.30. The van der Waals surface area contributed by atoms with E-state index in [0.717, 1.165) is 17.3 Å². The van der Waals surface area contributed by atoms with Crippen LogP contribution in [0.3, 0.4) is 0 Å². The number of nitrogens with one attached hydrogen (secondary N) is 2. The van der Waals surface area contributed by atoms with Gasteiger partial charge in [-0.1, -0.05) is 0 Å². The first-order chi connectivity index (χ1) is 14.8. The molecule has 1 amide bonds. The molecule has 13 heteroatoms. The van der Waals surface area contributed by atoms with Crippen LogP contribution in [0.4, 0.5) is 11.5 Å². The van der Waals surface area contributed by atoms with Crippen LogP contribution in [0.2, 0.25) is 0 Å². The van der Waals surface area contributed by atoms with E-state index < -0.39 is 10.8 Å². The summed E-state index contributed by atoms with van der Waals surface area (Å²) in [4.78, 5) is 23.0. The van der Waals surface area contributed by atoms with E-state index in [1.165, 1.54) is 13.3 Å². The van der Waals surface area contributed by atoms with Crippen molar-refractivity contribution in [2.24, 2.45) is 5.10 Å². The van der Waals surface area contributed by atoms with Crippen LogP contribution in [0.25, 0.3) is 0 Å². The molecule has 0 saturated carbocycles. The maximum atomic E-state index is 12.2. The molecule has 3 rings (SSSR count). The molecule has 0 aliphatic carbocycles. The molecule has 0 spiro atoms. The molecule has 2 N–H and O–H groups in total. The number of hydrogen-bond acceptors (Lipinski definition) is 10. The smallest absolute Gasteiger partial charge is 0.312 e. The fourth-order valence-corrected chi connectivity index (χ4v) is 3.54. The number of carbonyl (C=O) groups is 1. The minimum Gasteiger partial charge on any atom is -0.496 e. The summed E-state index contributed by atoms with van der Waals surface area (Å²) in [7, 11) is 3.19. The van der Waals surface area contributed by atoms with Crippen molar-refractivity contribution in [2.75, 3.05) is 19.5 Å². The Bertz CT molecular complexity index is 1150. The molecule has 0 atom stereocenters. The van der Waals surface area contributed by atoms with Crippen LogP contribution in [0.5, 0.6) is 5.75 Å². The van der Waals surface area contributed by atoms with Crippen molar-refractivity contribution in [3.8, 4) is 5.75 Å². The third-order valence-corrected chi connectivity index (χ3v) is 5.00. The van der Waals surface area contributed by atoms with E-state index in [1.54, 1.807) is 43.8 Å². The number of nitrogens with zero attached hydrogens (tertiary/aromatic N) is 6. The Morgan fingerprint density at radius 2 is 2.16 bits per heavy atom. The first-order valence-corrected chi connectivity index (χ1v) is 9.77. The minimum absolute atomic E-state index is 0.00290. The molecule has 0 bridgehead atoms. The highest BCUT2D eigenvalue weighted by molar-refractivity contribution is 6.99. The molecular weight excluding hydrogens is 424 g/mol. The van der Waals surface area contributed by atoms with E-state index in [2.05, 4.69) is 29.7 Å². The van der Waals surface area contributed by atoms with E-state index in [4.69, 9.17) is 4.74 Å². The molecule has 2 aromatic heterocycles. The van der Waals surface area contributed by atoms with Crippen LogP contribution in [-0.4, -0.2) is 49.7 Å². The van der Waals surface area contributed by atoms with Crippen molar-refractivity contribution in [1.82, 2.24) is 24.0 Å². The number of ether oxygens (including phenoxy) is 1. The predicted molar refractivity (Wildman–Crippen MR) is 115 cm³/mol. The molecular formula is C18H20N8O4S. The van der Waals surface area contributed by atoms with Gasteiger partial charge in [0.25, 0.3) is 5.91 Å². The number of hydrazone groups is 1. The van der Waals surface area contributed by atoms with Gasteiger partial charge in [0.1, 0.15) is 17.1 Å². The Balaban J connectivity index is 1.79. The maximum Gasteiger partial charge on any atom is 0.312 e. The van der Waals surface area contributed by atoms with Crippen molar-refractivity contribution in [2.45, 2.75) is 20.4 Å². The lowest BCUT2D eigenvalue weighted by atomic mass is 10.1. The number of carbonyl (C=O) groups excluding carboxylic acids is 1. The summed E-state index contributed by atoms with van der Waals surface area (Å²) in [5.41, 5.74) is 4.80. The fourth-order valence-electron chi connectivity index (χ4n) is 2.99. The van der Waals surface area contributed by atoms with E-state index in [0.29, 0.717) is 28.5 Å². The minimum atomic E-state index is -0.488. The number of aromatic nitrogens is 4. The molecule has 2 heterocycles. The molecule has 162 valence electrons. The quantitative estimate of drug-likeness (QED) is 0.305. The van der Waals surface area contributed by atoms with Gasteiger partial charge in [-0.2, -0.15) is 18.9 Å². The zero-order valence-corrected chi connectivity index (χ0v) is 18.1. The number of nitro groups is 1. The van der Waals surface area contributed by atoms with Crippen molar-refractivity contribution < 1.29 is 14.5 Å². The van der Waals surface area contributed by atoms with Crippen LogP contribution in [-0.2, 0) is 6.54 Å². The maximum absolute atomic E-state index is 12.2. The number of methoxy groups -OCH3 is 1. The van der Waals surface area contributed by atoms with Gasteiger partial charge in [0.2, 0.25) is 0 Å². The van der Waals surface area contributed by atoms with Gasteiger partial charge in [0.15, 0.2) is 11.5 Å². The van der Waals surface area contributed by atoms with Gasteiger partial charge < -0.3 is 10.1 Å². The van der Waals surface area contributed by atoms with Crippen molar-refractivity contribution >= 4 is 35.4 Å². The second-order valence-electron chi connectivity index (χ2n) is 6.42. The van der Waals surface area contributed by atoms with E-state index >= 15 is 0 Å². The molecule has 0 aliphatic rings. The molecule has 0 fully saturated rings. The standard InChI is InChI=1S/C18H20N8O4S/c1-10-16(26(28)29)11(2)25(22-10)9-13-7-12(5-6-14(13)30-4)8-20-21-18(27)15-17(19-3)24-31-23-15/h5-8H,9H2,1-4H3,(H,19,24)(H,21,27)/b20-8-. The normalized spacial score (nSPS) is 11.0. The van der Waals surface area contributed by atoms with Crippen molar-refractivity contribution in [3.63, 3.8) is 0 Å². The van der Waals surface area contributed by atoms with E-state index in [-0.39, 0.29) is 17.9 Å². The molecule has 0 saturated heterocycles. The van der Waals surface area contributed by atoms with Crippen LogP contribution < -0.4 is 15.5 Å². The Labute approximate surface area is 181 Å². The van der Waals surface area contributed by atoms with Gasteiger partial charge in [-0.05, 0) is 37.6 Å². The highest BCUT2D eigenvalue weighted by Gasteiger charge is 2.22. The first kappa shape index (κ1) is 21.8. The van der Waals surface area contributed by atoms with Gasteiger partial charge in [-0.3, -0.25) is 19.6 Å². The number of benzene rings is 1. The van der Waals surface area contributed by atoms with Crippen LogP contribution in [0.1, 0.15) is 33.0 Å². The molecule has 3 aromatic rings. The van der Waals surface area contributed by atoms with Gasteiger partial charge in [-0.25, -0.2) is 5.43 Å². The summed E-state index contributed by atoms with van der Waals surface area (Å²) >= 11 is 0.922. The lowest BCUT2D eigenvalue weighted by Gasteiger charge is -2.10. The van der Waals surface area contributed by atoms with Crippen LogP contribution in [0, 0.1) is 24.0 Å². The lowest BCUT2D eigenvalue weighted by Crippen LogP contribution is -2.19. The number of aryl methyl sites for hydroxylation is 1. The summed E-state index contributed by atoms with van der Waals surface area (Å²) in [5, 5.41) is 22.3. The first-order valence-electron chi connectivity index (χ1n) is 9.04. The average molecular weight is 444 g/mol. The zero-order chi connectivity index (χ0) is 22.5. The van der Waals surface area contributed by atoms with Crippen molar-refractivity contribution in [1.29, 1.82) is 0 Å². The number of hydrogen-bond donors (Lipinski definition) is 2. The summed E-state index contributed by atoms with van der Waals surface area (Å²) in [6.07, 6.45) is 1.48. The Morgan fingerprint density at radius 3 is 2.81 bits per heavy atom. The SMILES string of the molecule is CNc1nsnc1C(=O)N/N=C\c1ccc(OC)c(Cn2nc(C)c([N+](=O)[O-])c2C)c1. The molecule has 0 unspecified atom stereocenters. The summed E-state index contributed by atoms with van der Waals surface area (Å²) in [6.45, 7) is 3.52. The van der Waals surface area contributed by atoms with Gasteiger partial charge >= 0.3 is 5.69 Å². The summed E-state index contributed by atoms with van der Waals surface area (Å²) < 4.78 is 14.9. The monoisotopic (exact) mass is 444 g/mol. The largest absolute Gasteiger partial charge is 0.496 e. The van der Waals surface area contributed by atoms with E-state index in [9.17, 15) is 14.9 Å². The van der Waals surface area contributed by atoms with Crippen molar-refractivity contribution in [3.05, 3.63) is 56.5 Å². The Kier molecular flexibility index (Phi) is 6.55. The summed E-state index contributed by atoms with van der Waals surface area (Å²) in [5.74, 6) is 0.491. The highest BCUT2D eigenvalue weighted by atomic mass is 32.1. The number of rotatable bonds is 8. The second-order valence-corrected chi connectivity index (χ2v) is 6.94. The van der Waals surface area contributed by atoms with Crippen LogP contribution in [0.15, 0.2) is 23.3 Å². The average Bonchev–Trinajstić information content (AvgIpc) is 3.32. The molecule has 0 aliphatic heterocycles. The highest BCUT2D eigenvalue weighted by Crippen LogP contribution is 2.25. The predicted octanol–water partition coefficient (Wildman–Crippen LogP) is 2.12. The third-order valence-electron chi connectivity index (χ3n) is 4.47. The van der Waals surface area contributed by atoms with Gasteiger partial charge in [0, 0.05) is 12.6 Å². The van der Waals surface area contributed by atoms with E-state index in [1.807, 2.05) is 0 Å². The van der Waals surface area contributed by atoms with Gasteiger partial charge in [-0.15, -0.1) is 0 Å². The molecule has 0 radical (unpaired) electrons. The topological polar surface area (TPSA) is 149 Å². The number of anilines is 1. The van der Waals surface area contributed by atoms with Gasteiger partial charge in [0.05, 0.1) is 36.5 Å². The zero-order valence-electron chi connectivity index (χ0n) is 17.2. The lowest BCUT2D eigenvalue weighted by molar-refractivity contribution is -0.386. The molecule has 1 aromatic carbocycles. The molecule has 31 heavy (non-hydrogen) atoms. The Morgan fingerprint density at radius 1 is 1.39 bits per heavy atom. The summed E-state index contributed by atoms with van der Waals surface area (Å²) in [6, 6.07) is 5.33. The Hall–Kier alpha value is -3.87. The number of amides is 1. The fraction of sp³-hybridized carbons (Fsp3) is 0.278.